The molecule has 0 bridgehead atoms. The van der Waals surface area contributed by atoms with Crippen LogP contribution in [0.2, 0.25) is 0 Å². The number of aryl methyl sites for hydroxylation is 1. The zero-order chi connectivity index (χ0) is 15.0. The molecule has 4 N–H and O–H groups in total. The summed E-state index contributed by atoms with van der Waals surface area (Å²) in [7, 11) is -3.82. The van der Waals surface area contributed by atoms with Gasteiger partial charge in [-0.1, -0.05) is 5.16 Å². The van der Waals surface area contributed by atoms with Gasteiger partial charge in [0, 0.05) is 17.6 Å². The highest BCUT2D eigenvalue weighted by Crippen LogP contribution is 2.24. The number of hydrogen-bond acceptors (Lipinski definition) is 8. The number of imidazole rings is 1. The van der Waals surface area contributed by atoms with Gasteiger partial charge in [-0.2, -0.15) is 4.98 Å². The maximum absolute atomic E-state index is 12.4. The summed E-state index contributed by atoms with van der Waals surface area (Å²) in [4.78, 5) is 4.63. The summed E-state index contributed by atoms with van der Waals surface area (Å²) in [5.74, 6) is 5.85. The van der Waals surface area contributed by atoms with Crippen molar-refractivity contribution in [1.29, 1.82) is 0 Å². The van der Waals surface area contributed by atoms with E-state index in [-0.39, 0.29) is 17.4 Å². The van der Waals surface area contributed by atoms with Crippen molar-refractivity contribution in [3.63, 3.8) is 0 Å². The molecule has 0 saturated carbocycles. The van der Waals surface area contributed by atoms with Crippen LogP contribution >= 0.6 is 11.3 Å². The highest BCUT2D eigenvalue weighted by Gasteiger charge is 2.25. The minimum absolute atomic E-state index is 0.00937. The number of aromatic nitrogens is 3. The van der Waals surface area contributed by atoms with Gasteiger partial charge in [0.2, 0.25) is 5.03 Å². The summed E-state index contributed by atoms with van der Waals surface area (Å²) < 4.78 is 33.7. The second-order valence-corrected chi connectivity index (χ2v) is 6.78. The van der Waals surface area contributed by atoms with E-state index in [0.717, 1.165) is 0 Å². The van der Waals surface area contributed by atoms with Gasteiger partial charge in [0.1, 0.15) is 0 Å². The summed E-state index contributed by atoms with van der Waals surface area (Å²) in [6, 6.07) is 1.65. The van der Waals surface area contributed by atoms with Gasteiger partial charge in [-0.05, 0) is 6.92 Å². The van der Waals surface area contributed by atoms with E-state index in [9.17, 15) is 8.42 Å². The lowest BCUT2D eigenvalue weighted by Gasteiger charge is -2.05. The number of nitrogens with two attached hydrogens (primary N) is 1. The summed E-state index contributed by atoms with van der Waals surface area (Å²) >= 11 is 1.31. The third-order valence-corrected chi connectivity index (χ3v) is 4.90. The highest BCUT2D eigenvalue weighted by molar-refractivity contribution is 7.89. The fourth-order valence-corrected chi connectivity index (χ4v) is 3.86. The first-order chi connectivity index (χ1) is 10.0. The van der Waals surface area contributed by atoms with Crippen LogP contribution in [0.5, 0.6) is 0 Å². The molecular formula is C10H12N6O3S2. The summed E-state index contributed by atoms with van der Waals surface area (Å²) in [6.45, 7) is 1.74. The molecule has 3 aromatic heterocycles. The average Bonchev–Trinajstić information content (AvgIpc) is 3.10. The smallest absolute Gasteiger partial charge is 0.260 e. The molecule has 9 nitrogen and oxygen atoms in total. The highest BCUT2D eigenvalue weighted by atomic mass is 32.2. The van der Waals surface area contributed by atoms with Gasteiger partial charge in [0.05, 0.1) is 12.2 Å². The minimum atomic E-state index is -3.82. The Labute approximate surface area is 123 Å². The van der Waals surface area contributed by atoms with Crippen LogP contribution in [0.25, 0.3) is 4.96 Å². The van der Waals surface area contributed by atoms with E-state index in [1.165, 1.54) is 15.7 Å². The average molecular weight is 328 g/mol. The van der Waals surface area contributed by atoms with Gasteiger partial charge in [-0.15, -0.1) is 11.3 Å². The number of hydrazine groups is 1. The van der Waals surface area contributed by atoms with E-state index in [4.69, 9.17) is 10.4 Å². The first-order valence-electron chi connectivity index (χ1n) is 5.85. The number of hydrogen-bond donors (Lipinski definition) is 3. The zero-order valence-corrected chi connectivity index (χ0v) is 12.5. The maximum Gasteiger partial charge on any atom is 0.260 e. The molecule has 0 radical (unpaired) electrons. The summed E-state index contributed by atoms with van der Waals surface area (Å²) in [6.07, 6.45) is 1.61. The van der Waals surface area contributed by atoms with Crippen molar-refractivity contribution in [3.05, 3.63) is 29.1 Å². The van der Waals surface area contributed by atoms with E-state index < -0.39 is 10.0 Å². The molecule has 0 aliphatic heterocycles. The van der Waals surface area contributed by atoms with Crippen molar-refractivity contribution >= 4 is 32.1 Å². The number of fused-ring (bicyclic) bond motifs is 1. The second kappa shape index (κ2) is 5.11. The molecule has 112 valence electrons. The van der Waals surface area contributed by atoms with Gasteiger partial charge in [-0.25, -0.2) is 19.0 Å². The van der Waals surface area contributed by atoms with Crippen LogP contribution in [-0.2, 0) is 16.6 Å². The van der Waals surface area contributed by atoms with Crippen LogP contribution in [-0.4, -0.2) is 23.0 Å². The minimum Gasteiger partial charge on any atom is -0.360 e. The zero-order valence-electron chi connectivity index (χ0n) is 10.9. The molecule has 0 amide bonds. The van der Waals surface area contributed by atoms with E-state index in [1.807, 2.05) is 0 Å². The monoisotopic (exact) mass is 328 g/mol. The number of sulfonamides is 1. The summed E-state index contributed by atoms with van der Waals surface area (Å²) in [5.41, 5.74) is 2.98. The molecule has 0 fully saturated rings. The fraction of sp³-hybridized carbons (Fsp3) is 0.200. The van der Waals surface area contributed by atoms with Crippen molar-refractivity contribution in [2.24, 2.45) is 5.84 Å². The number of thiazole rings is 1. The number of nitrogens with zero attached hydrogens (tertiary/aromatic N) is 3. The van der Waals surface area contributed by atoms with E-state index in [0.29, 0.717) is 16.4 Å². The second-order valence-electron chi connectivity index (χ2n) is 4.22. The van der Waals surface area contributed by atoms with Crippen LogP contribution in [0.15, 0.2) is 27.2 Å². The van der Waals surface area contributed by atoms with Crippen molar-refractivity contribution < 1.29 is 12.9 Å². The van der Waals surface area contributed by atoms with Crippen molar-refractivity contribution in [2.75, 3.05) is 5.43 Å². The number of nitrogens with one attached hydrogen (secondary N) is 2. The van der Waals surface area contributed by atoms with Crippen LogP contribution < -0.4 is 16.0 Å². The molecule has 3 heterocycles. The van der Waals surface area contributed by atoms with E-state index in [1.54, 1.807) is 24.6 Å². The first-order valence-corrected chi connectivity index (χ1v) is 8.21. The van der Waals surface area contributed by atoms with Crippen molar-refractivity contribution in [3.8, 4) is 0 Å². The Bertz CT molecular complexity index is 878. The van der Waals surface area contributed by atoms with Gasteiger partial charge in [0.15, 0.2) is 16.5 Å². The molecule has 0 atom stereocenters. The molecule has 0 spiro atoms. The Kier molecular flexibility index (Phi) is 3.41. The molecule has 3 rings (SSSR count). The Morgan fingerprint density at radius 1 is 1.52 bits per heavy atom. The topological polar surface area (TPSA) is 128 Å². The van der Waals surface area contributed by atoms with Gasteiger partial charge >= 0.3 is 0 Å². The number of nitrogen functional groups attached to an aromatic ring is 1. The quantitative estimate of drug-likeness (QED) is 0.458. The van der Waals surface area contributed by atoms with Crippen LogP contribution in [0.4, 0.5) is 5.82 Å². The lowest BCUT2D eigenvalue weighted by atomic mass is 10.4. The van der Waals surface area contributed by atoms with Gasteiger partial charge in [0.25, 0.3) is 10.0 Å². The van der Waals surface area contributed by atoms with Gasteiger partial charge in [-0.3, -0.25) is 4.40 Å². The third-order valence-electron chi connectivity index (χ3n) is 2.72. The molecular weight excluding hydrogens is 316 g/mol. The van der Waals surface area contributed by atoms with Crippen molar-refractivity contribution in [1.82, 2.24) is 19.3 Å². The molecule has 0 aliphatic rings. The normalized spacial score (nSPS) is 12.1. The maximum atomic E-state index is 12.4. The lowest BCUT2D eigenvalue weighted by molar-refractivity contribution is 0.377. The van der Waals surface area contributed by atoms with Crippen LogP contribution in [0.1, 0.15) is 11.5 Å². The SMILES string of the molecule is Cc1cc(CNS(=O)(=O)c2c(NN)nc3sccn23)on1. The number of anilines is 1. The van der Waals surface area contributed by atoms with E-state index >= 15 is 0 Å². The largest absolute Gasteiger partial charge is 0.360 e. The first kappa shape index (κ1) is 14.0. The Morgan fingerprint density at radius 2 is 2.33 bits per heavy atom. The fourth-order valence-electron chi connectivity index (χ4n) is 1.85. The molecule has 11 heteroatoms. The van der Waals surface area contributed by atoms with Gasteiger partial charge < -0.3 is 9.95 Å². The van der Waals surface area contributed by atoms with Crippen molar-refractivity contribution in [2.45, 2.75) is 18.5 Å². The molecule has 0 unspecified atom stereocenters. The van der Waals surface area contributed by atoms with Crippen LogP contribution in [0, 0.1) is 6.92 Å². The van der Waals surface area contributed by atoms with Crippen LogP contribution in [0.3, 0.4) is 0 Å². The Hall–Kier alpha value is -1.95. The molecule has 21 heavy (non-hydrogen) atoms. The molecule has 0 aliphatic carbocycles. The predicted octanol–water partition coefficient (Wildman–Crippen LogP) is 0.456. The molecule has 0 saturated heterocycles. The number of rotatable bonds is 5. The standard InChI is InChI=1S/C10H12N6O3S2/c1-6-4-7(19-15-6)5-12-21(17,18)9-8(14-11)13-10-16(9)2-3-20-10/h2-4,12,14H,5,11H2,1H3. The molecule has 0 aromatic carbocycles. The molecule has 3 aromatic rings. The third kappa shape index (κ3) is 2.51. The van der Waals surface area contributed by atoms with E-state index in [2.05, 4.69) is 20.3 Å². The lowest BCUT2D eigenvalue weighted by Crippen LogP contribution is -2.26. The Balaban J connectivity index is 1.94. The predicted molar refractivity (Wildman–Crippen MR) is 76.1 cm³/mol. The summed E-state index contributed by atoms with van der Waals surface area (Å²) in [5, 5.41) is 5.39. The Morgan fingerprint density at radius 3 is 3.00 bits per heavy atom.